The molecule has 0 spiro atoms. The molecule has 9 N–H and O–H groups in total. The molecule has 2 aliphatic heterocycles. The first-order valence-corrected chi connectivity index (χ1v) is 27.4. The molecule has 12 atom stereocenters. The van der Waals surface area contributed by atoms with Crippen LogP contribution in [-0.2, 0) is 23.7 Å². The van der Waals surface area contributed by atoms with Gasteiger partial charge in [0.25, 0.3) is 0 Å². The monoisotopic (exact) mass is 960 g/mol. The van der Waals surface area contributed by atoms with Gasteiger partial charge in [0, 0.05) is 6.42 Å². The van der Waals surface area contributed by atoms with E-state index in [4.69, 9.17) is 18.9 Å². The molecule has 0 bridgehead atoms. The number of hydrogen-bond acceptors (Lipinski definition) is 13. The molecule has 0 aromatic heterocycles. The highest BCUT2D eigenvalue weighted by Gasteiger charge is 2.51. The quantitative estimate of drug-likeness (QED) is 0.0209. The summed E-state index contributed by atoms with van der Waals surface area (Å²) >= 11 is 0. The zero-order valence-corrected chi connectivity index (χ0v) is 42.2. The van der Waals surface area contributed by atoms with E-state index in [2.05, 4.69) is 19.2 Å². The molecule has 2 rings (SSSR count). The first-order chi connectivity index (χ1) is 32.6. The van der Waals surface area contributed by atoms with Crippen LogP contribution in [-0.4, -0.2) is 140 Å². The number of carbonyl (C=O) groups excluding carboxylic acids is 1. The fourth-order valence-electron chi connectivity index (χ4n) is 9.23. The number of unbranched alkanes of at least 4 members (excludes halogenated alkanes) is 30. The van der Waals surface area contributed by atoms with Gasteiger partial charge in [-0.1, -0.05) is 212 Å². The molecule has 14 heteroatoms. The fraction of sp³-hybridized carbons (Fsp3) is 0.943. The Kier molecular flexibility index (Phi) is 37.2. The fourth-order valence-corrected chi connectivity index (χ4v) is 9.23. The number of rotatable bonds is 43. The Labute approximate surface area is 406 Å². The Bertz CT molecular complexity index is 1180. The lowest BCUT2D eigenvalue weighted by molar-refractivity contribution is -0.359. The number of aliphatic hydroxyl groups excluding tert-OH is 8. The number of ether oxygens (including phenoxy) is 4. The van der Waals surface area contributed by atoms with Crippen LogP contribution in [0, 0.1) is 0 Å². The van der Waals surface area contributed by atoms with Gasteiger partial charge in [0.2, 0.25) is 5.91 Å². The number of aliphatic hydroxyl groups is 8. The highest BCUT2D eigenvalue weighted by Crippen LogP contribution is 2.30. The molecule has 67 heavy (non-hydrogen) atoms. The third kappa shape index (κ3) is 27.2. The van der Waals surface area contributed by atoms with Crippen molar-refractivity contribution in [2.45, 2.75) is 299 Å². The smallest absolute Gasteiger partial charge is 0.220 e. The van der Waals surface area contributed by atoms with Crippen LogP contribution in [0.15, 0.2) is 12.2 Å². The molecule has 1 amide bonds. The van der Waals surface area contributed by atoms with Crippen LogP contribution in [0.4, 0.5) is 0 Å². The average Bonchev–Trinajstić information content (AvgIpc) is 3.32. The van der Waals surface area contributed by atoms with Crippen LogP contribution in [0.3, 0.4) is 0 Å². The molecule has 4 unspecified atom stereocenters. The van der Waals surface area contributed by atoms with E-state index in [1.807, 2.05) is 6.08 Å². The van der Waals surface area contributed by atoms with Gasteiger partial charge in [-0.25, -0.2) is 0 Å². The number of hydrogen-bond donors (Lipinski definition) is 9. The van der Waals surface area contributed by atoms with Crippen molar-refractivity contribution in [1.82, 2.24) is 5.32 Å². The zero-order chi connectivity index (χ0) is 48.9. The topological polar surface area (TPSA) is 228 Å². The lowest BCUT2D eigenvalue weighted by Crippen LogP contribution is -2.65. The Morgan fingerprint density at radius 1 is 0.522 bits per heavy atom. The predicted octanol–water partition coefficient (Wildman–Crippen LogP) is 7.94. The van der Waals surface area contributed by atoms with Crippen LogP contribution >= 0.6 is 0 Å². The zero-order valence-electron chi connectivity index (χ0n) is 42.2. The molecule has 0 radical (unpaired) electrons. The van der Waals surface area contributed by atoms with Crippen molar-refractivity contribution in [3.8, 4) is 0 Å². The predicted molar refractivity (Wildman–Crippen MR) is 263 cm³/mol. The van der Waals surface area contributed by atoms with E-state index in [0.29, 0.717) is 6.42 Å². The molecular formula is C53H101NO13. The summed E-state index contributed by atoms with van der Waals surface area (Å²) in [5, 5.41) is 86.8. The minimum Gasteiger partial charge on any atom is -0.394 e. The van der Waals surface area contributed by atoms with Gasteiger partial charge in [-0.3, -0.25) is 4.79 Å². The van der Waals surface area contributed by atoms with Crippen LogP contribution in [0.25, 0.3) is 0 Å². The SMILES string of the molecule is CCCCCCCCCCCCC/C=C/[C@@H](O)[C@H](CO[C@@H]1O[C@H](CO)[C@@H](O[C@@H]2O[C@H](CO)[C@H](O)C(O)C2O)C(O)C1O)NC(=O)CCCCCCCCCCCCCCCCCCCCCC. The van der Waals surface area contributed by atoms with Gasteiger partial charge in [0.05, 0.1) is 32.0 Å². The largest absolute Gasteiger partial charge is 0.394 e. The van der Waals surface area contributed by atoms with Crippen molar-refractivity contribution in [1.29, 1.82) is 0 Å². The van der Waals surface area contributed by atoms with Gasteiger partial charge in [0.1, 0.15) is 48.8 Å². The number of allylic oxidation sites excluding steroid dienone is 1. The highest BCUT2D eigenvalue weighted by atomic mass is 16.7. The standard InChI is InChI=1S/C53H101NO13/c1-3-5-7-9-11-13-15-17-18-19-20-21-22-23-25-27-29-31-33-35-37-45(58)54-41(42(57)36-34-32-30-28-26-24-16-14-12-10-8-6-4-2)40-64-52-50(63)48(61)51(44(39-56)66-52)67-53-49(62)47(60)46(59)43(38-55)65-53/h34,36,41-44,46-53,55-57,59-63H,3-33,35,37-40H2,1-2H3,(H,54,58)/b36-34+/t41-,42+,43+,44+,46-,47?,48?,49?,50?,51+,52+,53-/m0/s1. The van der Waals surface area contributed by atoms with Crippen molar-refractivity contribution in [2.75, 3.05) is 19.8 Å². The maximum atomic E-state index is 13.2. The van der Waals surface area contributed by atoms with Gasteiger partial charge in [-0.15, -0.1) is 0 Å². The van der Waals surface area contributed by atoms with E-state index in [1.165, 1.54) is 161 Å². The van der Waals surface area contributed by atoms with Gasteiger partial charge in [-0.05, 0) is 19.3 Å². The van der Waals surface area contributed by atoms with E-state index in [0.717, 1.165) is 38.5 Å². The molecule has 2 fully saturated rings. The third-order valence-electron chi connectivity index (χ3n) is 13.7. The van der Waals surface area contributed by atoms with Crippen LogP contribution in [0.5, 0.6) is 0 Å². The minimum absolute atomic E-state index is 0.236. The third-order valence-corrected chi connectivity index (χ3v) is 13.7. The van der Waals surface area contributed by atoms with Crippen LogP contribution in [0.2, 0.25) is 0 Å². The average molecular weight is 960 g/mol. The van der Waals surface area contributed by atoms with E-state index >= 15 is 0 Å². The second-order valence-electron chi connectivity index (χ2n) is 19.7. The Morgan fingerprint density at radius 3 is 1.37 bits per heavy atom. The summed E-state index contributed by atoms with van der Waals surface area (Å²) in [7, 11) is 0. The molecule has 2 saturated heterocycles. The maximum Gasteiger partial charge on any atom is 0.220 e. The lowest BCUT2D eigenvalue weighted by atomic mass is 9.97. The van der Waals surface area contributed by atoms with Crippen molar-refractivity contribution < 1.29 is 64.6 Å². The molecule has 0 aromatic carbocycles. The van der Waals surface area contributed by atoms with E-state index in [1.54, 1.807) is 6.08 Å². The molecule has 396 valence electrons. The molecule has 14 nitrogen and oxygen atoms in total. The second-order valence-corrected chi connectivity index (χ2v) is 19.7. The minimum atomic E-state index is -1.78. The van der Waals surface area contributed by atoms with E-state index in [-0.39, 0.29) is 18.9 Å². The molecule has 0 aliphatic carbocycles. The first-order valence-electron chi connectivity index (χ1n) is 27.4. The lowest BCUT2D eigenvalue weighted by Gasteiger charge is -2.46. The Balaban J connectivity index is 1.79. The summed E-state index contributed by atoms with van der Waals surface area (Å²) in [5.41, 5.74) is 0. The Hall–Kier alpha value is -1.27. The van der Waals surface area contributed by atoms with Gasteiger partial charge in [0.15, 0.2) is 12.6 Å². The summed E-state index contributed by atoms with van der Waals surface area (Å²) in [6, 6.07) is -0.908. The van der Waals surface area contributed by atoms with Gasteiger partial charge < -0.3 is 65.1 Å². The second kappa shape index (κ2) is 40.3. The molecule has 2 heterocycles. The van der Waals surface area contributed by atoms with Crippen molar-refractivity contribution in [3.63, 3.8) is 0 Å². The summed E-state index contributed by atoms with van der Waals surface area (Å²) in [5.74, 6) is -0.236. The summed E-state index contributed by atoms with van der Waals surface area (Å²) < 4.78 is 22.7. The summed E-state index contributed by atoms with van der Waals surface area (Å²) in [4.78, 5) is 13.2. The molecule has 2 aliphatic rings. The van der Waals surface area contributed by atoms with Crippen molar-refractivity contribution in [2.24, 2.45) is 0 Å². The Morgan fingerprint density at radius 2 is 0.925 bits per heavy atom. The summed E-state index contributed by atoms with van der Waals surface area (Å²) in [6.45, 7) is 2.80. The summed E-state index contributed by atoms with van der Waals surface area (Å²) in [6.07, 6.45) is 26.8. The van der Waals surface area contributed by atoms with Crippen LogP contribution < -0.4 is 5.32 Å². The van der Waals surface area contributed by atoms with Crippen LogP contribution in [0.1, 0.15) is 226 Å². The highest BCUT2D eigenvalue weighted by molar-refractivity contribution is 5.76. The number of carbonyl (C=O) groups is 1. The first kappa shape index (κ1) is 61.8. The van der Waals surface area contributed by atoms with Gasteiger partial charge in [-0.2, -0.15) is 0 Å². The molecular weight excluding hydrogens is 859 g/mol. The molecule has 0 aromatic rings. The normalized spacial score (nSPS) is 26.6. The van der Waals surface area contributed by atoms with Crippen molar-refractivity contribution in [3.05, 3.63) is 12.2 Å². The van der Waals surface area contributed by atoms with E-state index in [9.17, 15) is 45.6 Å². The van der Waals surface area contributed by atoms with E-state index < -0.39 is 86.8 Å². The maximum absolute atomic E-state index is 13.2. The number of nitrogens with one attached hydrogen (secondary N) is 1. The van der Waals surface area contributed by atoms with Crippen molar-refractivity contribution >= 4 is 5.91 Å². The number of amides is 1. The van der Waals surface area contributed by atoms with Gasteiger partial charge >= 0.3 is 0 Å². The molecule has 0 saturated carbocycles.